The van der Waals surface area contributed by atoms with Crippen LogP contribution in [0.3, 0.4) is 0 Å². The Labute approximate surface area is 129 Å². The van der Waals surface area contributed by atoms with Crippen molar-refractivity contribution in [2.75, 3.05) is 11.0 Å². The van der Waals surface area contributed by atoms with Crippen LogP contribution in [-0.2, 0) is 10.0 Å². The SMILES string of the molecule is CC(NC(=O)c1ccccc1NS(C)(=O)=O)c1ccccn1. The number of nitrogens with zero attached hydrogens (tertiary/aromatic N) is 1. The fourth-order valence-corrected chi connectivity index (χ4v) is 2.53. The number of hydrogen-bond donors (Lipinski definition) is 2. The lowest BCUT2D eigenvalue weighted by atomic mass is 10.1. The smallest absolute Gasteiger partial charge is 0.253 e. The molecular weight excluding hydrogens is 302 g/mol. The molecule has 0 fully saturated rings. The third-order valence-corrected chi connectivity index (χ3v) is 3.54. The van der Waals surface area contributed by atoms with E-state index >= 15 is 0 Å². The lowest BCUT2D eigenvalue weighted by Crippen LogP contribution is -2.28. The number of aromatic nitrogens is 1. The summed E-state index contributed by atoms with van der Waals surface area (Å²) in [5.41, 5.74) is 1.23. The molecule has 0 radical (unpaired) electrons. The molecule has 22 heavy (non-hydrogen) atoms. The summed E-state index contributed by atoms with van der Waals surface area (Å²) in [5, 5.41) is 2.80. The maximum Gasteiger partial charge on any atom is 0.253 e. The van der Waals surface area contributed by atoms with Gasteiger partial charge in [-0.15, -0.1) is 0 Å². The molecule has 2 rings (SSSR count). The molecule has 116 valence electrons. The van der Waals surface area contributed by atoms with E-state index in [1.165, 1.54) is 0 Å². The van der Waals surface area contributed by atoms with E-state index in [9.17, 15) is 13.2 Å². The zero-order valence-electron chi connectivity index (χ0n) is 12.3. The summed E-state index contributed by atoms with van der Waals surface area (Å²) in [6.07, 6.45) is 2.69. The highest BCUT2D eigenvalue weighted by Crippen LogP contribution is 2.18. The van der Waals surface area contributed by atoms with E-state index in [1.54, 1.807) is 36.5 Å². The molecule has 0 spiro atoms. The van der Waals surface area contributed by atoms with E-state index in [4.69, 9.17) is 0 Å². The van der Waals surface area contributed by atoms with Gasteiger partial charge in [0.2, 0.25) is 10.0 Å². The van der Waals surface area contributed by atoms with Crippen LogP contribution in [0.15, 0.2) is 48.7 Å². The molecule has 0 saturated heterocycles. The van der Waals surface area contributed by atoms with E-state index in [2.05, 4.69) is 15.0 Å². The van der Waals surface area contributed by atoms with Gasteiger partial charge in [0, 0.05) is 6.20 Å². The van der Waals surface area contributed by atoms with Crippen molar-refractivity contribution in [3.63, 3.8) is 0 Å². The van der Waals surface area contributed by atoms with Crippen LogP contribution in [0.1, 0.15) is 29.0 Å². The average Bonchev–Trinajstić information content (AvgIpc) is 2.47. The minimum Gasteiger partial charge on any atom is -0.344 e. The number of rotatable bonds is 5. The number of anilines is 1. The number of para-hydroxylation sites is 1. The van der Waals surface area contributed by atoms with Crippen LogP contribution in [-0.4, -0.2) is 25.6 Å². The van der Waals surface area contributed by atoms with Crippen molar-refractivity contribution in [1.82, 2.24) is 10.3 Å². The van der Waals surface area contributed by atoms with Crippen molar-refractivity contribution < 1.29 is 13.2 Å². The first kappa shape index (κ1) is 16.0. The lowest BCUT2D eigenvalue weighted by Gasteiger charge is -2.15. The Morgan fingerprint density at radius 3 is 2.45 bits per heavy atom. The molecule has 0 aliphatic carbocycles. The van der Waals surface area contributed by atoms with Gasteiger partial charge in [0.1, 0.15) is 0 Å². The third kappa shape index (κ3) is 4.29. The monoisotopic (exact) mass is 319 g/mol. The van der Waals surface area contributed by atoms with Gasteiger partial charge in [-0.25, -0.2) is 8.42 Å². The predicted molar refractivity (Wildman–Crippen MR) is 85.0 cm³/mol. The number of carbonyl (C=O) groups is 1. The number of amides is 1. The normalized spacial score (nSPS) is 12.5. The quantitative estimate of drug-likeness (QED) is 0.881. The molecule has 0 bridgehead atoms. The second-order valence-corrected chi connectivity index (χ2v) is 6.62. The molecule has 0 aliphatic rings. The van der Waals surface area contributed by atoms with Crippen LogP contribution in [0, 0.1) is 0 Å². The first-order valence-electron chi connectivity index (χ1n) is 6.65. The Morgan fingerprint density at radius 1 is 1.14 bits per heavy atom. The van der Waals surface area contributed by atoms with Gasteiger partial charge in [0.25, 0.3) is 5.91 Å². The maximum absolute atomic E-state index is 12.4. The van der Waals surface area contributed by atoms with Crippen molar-refractivity contribution >= 4 is 21.6 Å². The van der Waals surface area contributed by atoms with Crippen molar-refractivity contribution in [3.8, 4) is 0 Å². The van der Waals surface area contributed by atoms with Crippen molar-refractivity contribution in [1.29, 1.82) is 0 Å². The van der Waals surface area contributed by atoms with E-state index < -0.39 is 10.0 Å². The molecule has 1 atom stereocenters. The van der Waals surface area contributed by atoms with E-state index in [1.807, 2.05) is 19.1 Å². The predicted octanol–water partition coefficient (Wildman–Crippen LogP) is 1.94. The molecule has 1 aromatic carbocycles. The Bertz CT molecular complexity index is 761. The highest BCUT2D eigenvalue weighted by Gasteiger charge is 2.16. The van der Waals surface area contributed by atoms with Gasteiger partial charge >= 0.3 is 0 Å². The third-order valence-electron chi connectivity index (χ3n) is 2.95. The van der Waals surface area contributed by atoms with Gasteiger partial charge in [-0.3, -0.25) is 14.5 Å². The fourth-order valence-electron chi connectivity index (χ4n) is 1.95. The van der Waals surface area contributed by atoms with E-state index in [0.717, 1.165) is 11.9 Å². The Morgan fingerprint density at radius 2 is 1.82 bits per heavy atom. The summed E-state index contributed by atoms with van der Waals surface area (Å²) < 4.78 is 25.1. The standard InChI is InChI=1S/C15H17N3O3S/c1-11(13-8-5-6-10-16-13)17-15(19)12-7-3-4-9-14(12)18-22(2,20)21/h3-11,18H,1-2H3,(H,17,19). The number of benzene rings is 1. The van der Waals surface area contributed by atoms with Crippen LogP contribution in [0.5, 0.6) is 0 Å². The second kappa shape index (κ2) is 6.57. The molecule has 7 heteroatoms. The van der Waals surface area contributed by atoms with Crippen molar-refractivity contribution in [2.45, 2.75) is 13.0 Å². The number of carbonyl (C=O) groups excluding carboxylic acids is 1. The Balaban J connectivity index is 2.20. The van der Waals surface area contributed by atoms with Crippen LogP contribution in [0.4, 0.5) is 5.69 Å². The number of nitrogens with one attached hydrogen (secondary N) is 2. The molecule has 1 aromatic heterocycles. The van der Waals surface area contributed by atoms with E-state index in [0.29, 0.717) is 0 Å². The van der Waals surface area contributed by atoms with Gasteiger partial charge in [-0.2, -0.15) is 0 Å². The van der Waals surface area contributed by atoms with Crippen molar-refractivity contribution in [2.24, 2.45) is 0 Å². The summed E-state index contributed by atoms with van der Waals surface area (Å²) >= 11 is 0. The van der Waals surface area contributed by atoms with Crippen LogP contribution in [0.2, 0.25) is 0 Å². The highest BCUT2D eigenvalue weighted by molar-refractivity contribution is 7.92. The number of sulfonamides is 1. The van der Waals surface area contributed by atoms with Crippen molar-refractivity contribution in [3.05, 3.63) is 59.9 Å². The van der Waals surface area contributed by atoms with Crippen LogP contribution in [0.25, 0.3) is 0 Å². The first-order valence-corrected chi connectivity index (χ1v) is 8.54. The first-order chi connectivity index (χ1) is 10.4. The number of hydrogen-bond acceptors (Lipinski definition) is 4. The minimum atomic E-state index is -3.46. The zero-order valence-corrected chi connectivity index (χ0v) is 13.1. The van der Waals surface area contributed by atoms with E-state index in [-0.39, 0.29) is 23.2 Å². The van der Waals surface area contributed by atoms with Crippen LogP contribution >= 0.6 is 0 Å². The molecule has 1 amide bonds. The summed E-state index contributed by atoms with van der Waals surface area (Å²) in [7, 11) is -3.46. The topological polar surface area (TPSA) is 88.2 Å². The van der Waals surface area contributed by atoms with Gasteiger partial charge in [-0.1, -0.05) is 18.2 Å². The molecule has 2 aromatic rings. The van der Waals surface area contributed by atoms with Crippen LogP contribution < -0.4 is 10.0 Å². The molecule has 6 nitrogen and oxygen atoms in total. The summed E-state index contributed by atoms with van der Waals surface area (Å²) in [5.74, 6) is -0.370. The Kier molecular flexibility index (Phi) is 4.77. The van der Waals surface area contributed by atoms with Gasteiger partial charge in [0.05, 0.1) is 29.2 Å². The second-order valence-electron chi connectivity index (χ2n) is 4.87. The van der Waals surface area contributed by atoms with Gasteiger partial charge < -0.3 is 5.32 Å². The number of pyridine rings is 1. The Hall–Kier alpha value is -2.41. The summed E-state index contributed by atoms with van der Waals surface area (Å²) in [4.78, 5) is 16.5. The molecule has 2 N–H and O–H groups in total. The molecular formula is C15H17N3O3S. The fraction of sp³-hybridized carbons (Fsp3) is 0.200. The molecule has 1 heterocycles. The maximum atomic E-state index is 12.4. The highest BCUT2D eigenvalue weighted by atomic mass is 32.2. The molecule has 0 saturated carbocycles. The zero-order chi connectivity index (χ0) is 16.2. The lowest BCUT2D eigenvalue weighted by molar-refractivity contribution is 0.0940. The molecule has 0 aliphatic heterocycles. The molecule has 1 unspecified atom stereocenters. The van der Waals surface area contributed by atoms with Gasteiger partial charge in [0.15, 0.2) is 0 Å². The van der Waals surface area contributed by atoms with Gasteiger partial charge in [-0.05, 0) is 31.2 Å². The summed E-state index contributed by atoms with van der Waals surface area (Å²) in [6, 6.07) is 11.6. The minimum absolute atomic E-state index is 0.246. The summed E-state index contributed by atoms with van der Waals surface area (Å²) in [6.45, 7) is 1.81. The average molecular weight is 319 g/mol. The largest absolute Gasteiger partial charge is 0.344 e.